The highest BCUT2D eigenvalue weighted by Crippen LogP contribution is 2.57. The minimum atomic E-state index is -0.856. The third-order valence-corrected chi connectivity index (χ3v) is 6.83. The lowest BCUT2D eigenvalue weighted by atomic mass is 9.57. The molecule has 1 aromatic carbocycles. The molecule has 6 atom stereocenters. The summed E-state index contributed by atoms with van der Waals surface area (Å²) in [7, 11) is 0. The molecule has 5 rings (SSSR count). The minimum absolute atomic E-state index is 0.0123. The number of nitrogens with zero attached hydrogens (tertiary/aromatic N) is 2. The summed E-state index contributed by atoms with van der Waals surface area (Å²) in [5.41, 5.74) is 1.31. The number of rotatable bonds is 1. The van der Waals surface area contributed by atoms with E-state index in [1.54, 1.807) is 18.2 Å². The van der Waals surface area contributed by atoms with Crippen molar-refractivity contribution in [1.82, 2.24) is 10.1 Å². The van der Waals surface area contributed by atoms with Crippen LogP contribution in [-0.2, 0) is 19.2 Å². The summed E-state index contributed by atoms with van der Waals surface area (Å²) in [5, 5.41) is 30.0. The predicted molar refractivity (Wildman–Crippen MR) is 92.9 cm³/mol. The van der Waals surface area contributed by atoms with Crippen molar-refractivity contribution >= 4 is 23.6 Å². The lowest BCUT2D eigenvalue weighted by molar-refractivity contribution is -0.174. The van der Waals surface area contributed by atoms with Gasteiger partial charge in [-0.15, -0.1) is 0 Å². The number of hydrogen-bond acceptors (Lipinski definition) is 7. The van der Waals surface area contributed by atoms with Crippen LogP contribution in [0.25, 0.3) is 0 Å². The summed E-state index contributed by atoms with van der Waals surface area (Å²) < 4.78 is 0. The zero-order valence-corrected chi connectivity index (χ0v) is 15.1. The average molecular weight is 398 g/mol. The van der Waals surface area contributed by atoms with Crippen molar-refractivity contribution in [1.29, 1.82) is 0 Å². The molecule has 9 heteroatoms. The zero-order valence-electron chi connectivity index (χ0n) is 15.1. The van der Waals surface area contributed by atoms with Gasteiger partial charge in [0.05, 0.1) is 23.7 Å². The molecule has 0 bridgehead atoms. The Morgan fingerprint density at radius 3 is 2.17 bits per heavy atom. The van der Waals surface area contributed by atoms with E-state index in [2.05, 4.69) is 0 Å². The van der Waals surface area contributed by atoms with Gasteiger partial charge in [-0.25, -0.2) is 0 Å². The molecule has 1 aromatic rings. The standard InChI is InChI=1S/C20H18N2O7/c23-9-3-1-2-8(6-9)14-10-4-5-11-15(19(26)21(28)17(11)24)12(10)7-13-16(14)20(27)22(29)18(13)25/h1-4,6,11-16,23,28-29H,5,7H2. The summed E-state index contributed by atoms with van der Waals surface area (Å²) in [6.45, 7) is 0. The monoisotopic (exact) mass is 398 g/mol. The lowest BCUT2D eigenvalue weighted by Crippen LogP contribution is -2.42. The molecule has 6 unspecified atom stereocenters. The third kappa shape index (κ3) is 2.28. The van der Waals surface area contributed by atoms with Gasteiger partial charge in [-0.2, -0.15) is 10.1 Å². The first-order chi connectivity index (χ1) is 13.8. The van der Waals surface area contributed by atoms with Crippen LogP contribution in [-0.4, -0.2) is 49.3 Å². The highest BCUT2D eigenvalue weighted by atomic mass is 16.5. The van der Waals surface area contributed by atoms with Gasteiger partial charge in [-0.1, -0.05) is 23.8 Å². The highest BCUT2D eigenvalue weighted by molar-refractivity contribution is 6.06. The number of carbonyl (C=O) groups is 4. The van der Waals surface area contributed by atoms with Crippen molar-refractivity contribution in [3.8, 4) is 5.75 Å². The first kappa shape index (κ1) is 18.0. The molecule has 150 valence electrons. The smallest absolute Gasteiger partial charge is 0.258 e. The van der Waals surface area contributed by atoms with E-state index in [1.807, 2.05) is 0 Å². The second-order valence-corrected chi connectivity index (χ2v) is 8.10. The lowest BCUT2D eigenvalue weighted by Gasteiger charge is -2.43. The molecule has 2 aliphatic heterocycles. The number of carbonyl (C=O) groups excluding carboxylic acids is 4. The van der Waals surface area contributed by atoms with Gasteiger partial charge < -0.3 is 5.11 Å². The fraction of sp³-hybridized carbons (Fsp3) is 0.400. The Labute approximate surface area is 164 Å². The maximum absolute atomic E-state index is 12.7. The maximum atomic E-state index is 12.7. The molecule has 0 spiro atoms. The van der Waals surface area contributed by atoms with E-state index < -0.39 is 59.1 Å². The zero-order chi connectivity index (χ0) is 20.6. The van der Waals surface area contributed by atoms with Crippen LogP contribution in [0.15, 0.2) is 35.9 Å². The Hall–Kier alpha value is -3.04. The van der Waals surface area contributed by atoms with Crippen LogP contribution < -0.4 is 0 Å². The van der Waals surface area contributed by atoms with Crippen molar-refractivity contribution in [2.75, 3.05) is 0 Å². The fourth-order valence-electron chi connectivity index (χ4n) is 5.65. The van der Waals surface area contributed by atoms with Crippen molar-refractivity contribution in [2.24, 2.45) is 29.6 Å². The second kappa shape index (κ2) is 5.98. The minimum Gasteiger partial charge on any atom is -0.508 e. The maximum Gasteiger partial charge on any atom is 0.258 e. The normalized spacial score (nSPS) is 36.1. The molecule has 2 heterocycles. The molecule has 1 saturated carbocycles. The number of aromatic hydroxyl groups is 1. The van der Waals surface area contributed by atoms with E-state index >= 15 is 0 Å². The Kier molecular flexibility index (Phi) is 3.71. The number of amides is 4. The average Bonchev–Trinajstić information content (AvgIpc) is 3.06. The molecular formula is C20H18N2O7. The molecule has 2 aliphatic carbocycles. The van der Waals surface area contributed by atoms with Crippen LogP contribution in [0.3, 0.4) is 0 Å². The van der Waals surface area contributed by atoms with Crippen LogP contribution >= 0.6 is 0 Å². The van der Waals surface area contributed by atoms with Gasteiger partial charge in [0, 0.05) is 5.92 Å². The van der Waals surface area contributed by atoms with E-state index in [9.17, 15) is 34.7 Å². The van der Waals surface area contributed by atoms with E-state index in [4.69, 9.17) is 0 Å². The summed E-state index contributed by atoms with van der Waals surface area (Å²) in [6, 6.07) is 6.31. The Balaban J connectivity index is 1.67. The van der Waals surface area contributed by atoms with Gasteiger partial charge in [0.2, 0.25) is 0 Å². The Morgan fingerprint density at radius 1 is 0.828 bits per heavy atom. The molecule has 29 heavy (non-hydrogen) atoms. The fourth-order valence-corrected chi connectivity index (χ4v) is 5.65. The molecule has 0 aromatic heterocycles. The largest absolute Gasteiger partial charge is 0.508 e. The quantitative estimate of drug-likeness (QED) is 0.362. The third-order valence-electron chi connectivity index (χ3n) is 6.83. The summed E-state index contributed by atoms with van der Waals surface area (Å²) in [4.78, 5) is 50.1. The van der Waals surface area contributed by atoms with Crippen LogP contribution in [0.1, 0.15) is 24.3 Å². The number of phenolic OH excluding ortho intramolecular Hbond substituents is 1. The molecule has 2 saturated heterocycles. The summed E-state index contributed by atoms with van der Waals surface area (Å²) >= 11 is 0. The second-order valence-electron chi connectivity index (χ2n) is 8.10. The van der Waals surface area contributed by atoms with Crippen molar-refractivity contribution in [3.63, 3.8) is 0 Å². The van der Waals surface area contributed by atoms with Gasteiger partial charge in [0.15, 0.2) is 0 Å². The number of benzene rings is 1. The number of hydrogen-bond donors (Lipinski definition) is 3. The summed E-state index contributed by atoms with van der Waals surface area (Å²) in [5.74, 6) is -7.22. The number of allylic oxidation sites excluding steroid dienone is 2. The number of hydroxylamine groups is 4. The van der Waals surface area contributed by atoms with Crippen LogP contribution in [0.2, 0.25) is 0 Å². The Morgan fingerprint density at radius 2 is 1.48 bits per heavy atom. The first-order valence-corrected chi connectivity index (χ1v) is 9.43. The van der Waals surface area contributed by atoms with Crippen molar-refractivity contribution < 1.29 is 34.7 Å². The van der Waals surface area contributed by atoms with E-state index in [-0.39, 0.29) is 28.7 Å². The molecule has 4 amide bonds. The van der Waals surface area contributed by atoms with E-state index in [0.29, 0.717) is 5.56 Å². The van der Waals surface area contributed by atoms with Gasteiger partial charge in [0.25, 0.3) is 23.6 Å². The van der Waals surface area contributed by atoms with Crippen LogP contribution in [0.4, 0.5) is 0 Å². The number of fused-ring (bicyclic) bond motifs is 4. The number of imide groups is 2. The highest BCUT2D eigenvalue weighted by Gasteiger charge is 2.62. The molecular weight excluding hydrogens is 380 g/mol. The van der Waals surface area contributed by atoms with E-state index in [0.717, 1.165) is 5.57 Å². The van der Waals surface area contributed by atoms with Crippen LogP contribution in [0.5, 0.6) is 5.75 Å². The van der Waals surface area contributed by atoms with Gasteiger partial charge in [-0.05, 0) is 36.5 Å². The molecule has 9 nitrogen and oxygen atoms in total. The SMILES string of the molecule is O=C1C2CC=C3C(CC4C(=O)N(O)C(=O)C4C3c3cccc(O)c3)C2C(=O)N1O. The van der Waals surface area contributed by atoms with Gasteiger partial charge in [-0.3, -0.25) is 29.6 Å². The molecule has 3 N–H and O–H groups in total. The predicted octanol–water partition coefficient (Wildman–Crippen LogP) is 0.807. The molecule has 0 radical (unpaired) electrons. The molecule has 4 aliphatic rings. The van der Waals surface area contributed by atoms with Crippen molar-refractivity contribution in [2.45, 2.75) is 18.8 Å². The Bertz CT molecular complexity index is 1000. The molecule has 3 fully saturated rings. The van der Waals surface area contributed by atoms with Gasteiger partial charge in [0.1, 0.15) is 5.75 Å². The van der Waals surface area contributed by atoms with Crippen molar-refractivity contribution in [3.05, 3.63) is 41.5 Å². The van der Waals surface area contributed by atoms with E-state index in [1.165, 1.54) is 12.1 Å². The summed E-state index contributed by atoms with van der Waals surface area (Å²) in [6.07, 6.45) is 2.16. The van der Waals surface area contributed by atoms with Crippen LogP contribution in [0, 0.1) is 29.6 Å². The first-order valence-electron chi connectivity index (χ1n) is 9.43. The topological polar surface area (TPSA) is 135 Å². The van der Waals surface area contributed by atoms with Gasteiger partial charge >= 0.3 is 0 Å². The number of phenols is 1.